The maximum Gasteiger partial charge on any atom is 0.339 e. The molecular formula is C16H12O3S. The Balaban J connectivity index is 2.05. The lowest BCUT2D eigenvalue weighted by molar-refractivity contribution is 0.0692. The topological polar surface area (TPSA) is 46.5 Å². The van der Waals surface area contributed by atoms with Crippen molar-refractivity contribution in [2.24, 2.45) is 0 Å². The number of hydrogen-bond acceptors (Lipinski definition) is 3. The lowest BCUT2D eigenvalue weighted by Crippen LogP contribution is -2.03. The van der Waals surface area contributed by atoms with E-state index in [0.29, 0.717) is 12.4 Å². The minimum absolute atomic E-state index is 0.193. The monoisotopic (exact) mass is 284 g/mol. The van der Waals surface area contributed by atoms with Crippen LogP contribution in [0.15, 0.2) is 53.2 Å². The van der Waals surface area contributed by atoms with E-state index in [1.807, 2.05) is 41.1 Å². The Labute approximate surface area is 120 Å². The standard InChI is InChI=1S/C16H12O3S/c17-16(18)14-6-5-12-3-1-2-4-13(12)15(14)19-9-11-7-8-20-10-11/h1-8,10H,9H2,(H,17,18). The van der Waals surface area contributed by atoms with Crippen LogP contribution in [0.25, 0.3) is 10.8 Å². The molecule has 0 spiro atoms. The highest BCUT2D eigenvalue weighted by Gasteiger charge is 2.14. The first-order valence-electron chi connectivity index (χ1n) is 6.14. The molecule has 0 atom stereocenters. The quantitative estimate of drug-likeness (QED) is 0.781. The number of hydrogen-bond donors (Lipinski definition) is 1. The number of rotatable bonds is 4. The lowest BCUT2D eigenvalue weighted by atomic mass is 10.1. The summed E-state index contributed by atoms with van der Waals surface area (Å²) in [6.07, 6.45) is 0. The molecule has 0 aliphatic heterocycles. The molecule has 0 bridgehead atoms. The summed E-state index contributed by atoms with van der Waals surface area (Å²) in [5.41, 5.74) is 1.23. The van der Waals surface area contributed by atoms with Crippen LogP contribution in [0.2, 0.25) is 0 Å². The van der Waals surface area contributed by atoms with E-state index in [4.69, 9.17) is 4.74 Å². The third kappa shape index (κ3) is 2.38. The molecule has 0 saturated carbocycles. The number of carboxylic acid groups (broad SMARTS) is 1. The van der Waals surface area contributed by atoms with E-state index in [-0.39, 0.29) is 5.56 Å². The van der Waals surface area contributed by atoms with Crippen molar-refractivity contribution in [3.8, 4) is 5.75 Å². The fourth-order valence-corrected chi connectivity index (χ4v) is 2.75. The van der Waals surface area contributed by atoms with Crippen molar-refractivity contribution in [3.63, 3.8) is 0 Å². The Kier molecular flexibility index (Phi) is 3.39. The van der Waals surface area contributed by atoms with Crippen molar-refractivity contribution in [1.29, 1.82) is 0 Å². The summed E-state index contributed by atoms with van der Waals surface area (Å²) in [5, 5.41) is 15.1. The fourth-order valence-electron chi connectivity index (χ4n) is 2.10. The van der Waals surface area contributed by atoms with Crippen LogP contribution in [0.3, 0.4) is 0 Å². The van der Waals surface area contributed by atoms with Gasteiger partial charge in [0.2, 0.25) is 0 Å². The summed E-state index contributed by atoms with van der Waals surface area (Å²) in [6, 6.07) is 13.0. The highest BCUT2D eigenvalue weighted by atomic mass is 32.1. The molecule has 100 valence electrons. The number of thiophene rings is 1. The fraction of sp³-hybridized carbons (Fsp3) is 0.0625. The Morgan fingerprint density at radius 1 is 1.15 bits per heavy atom. The smallest absolute Gasteiger partial charge is 0.339 e. The Hall–Kier alpha value is -2.33. The maximum absolute atomic E-state index is 11.3. The summed E-state index contributed by atoms with van der Waals surface area (Å²) in [7, 11) is 0. The number of carboxylic acids is 1. The Bertz CT molecular complexity index is 748. The number of benzene rings is 2. The van der Waals surface area contributed by atoms with Gasteiger partial charge in [-0.2, -0.15) is 11.3 Å². The van der Waals surface area contributed by atoms with Crippen molar-refractivity contribution in [2.75, 3.05) is 0 Å². The zero-order chi connectivity index (χ0) is 13.9. The molecule has 1 N–H and O–H groups in total. The molecule has 1 aromatic heterocycles. The molecule has 0 unspecified atom stereocenters. The van der Waals surface area contributed by atoms with Crippen LogP contribution in [0, 0.1) is 0 Å². The number of carbonyl (C=O) groups is 1. The number of fused-ring (bicyclic) bond motifs is 1. The zero-order valence-corrected chi connectivity index (χ0v) is 11.4. The van der Waals surface area contributed by atoms with Crippen LogP contribution in [-0.2, 0) is 6.61 Å². The molecule has 1 heterocycles. The van der Waals surface area contributed by atoms with Gasteiger partial charge < -0.3 is 9.84 Å². The van der Waals surface area contributed by atoms with Gasteiger partial charge in [0.05, 0.1) is 0 Å². The minimum atomic E-state index is -0.976. The second kappa shape index (κ2) is 5.35. The van der Waals surface area contributed by atoms with Gasteiger partial charge in [-0.15, -0.1) is 0 Å². The van der Waals surface area contributed by atoms with E-state index in [2.05, 4.69) is 0 Å². The molecule has 0 amide bonds. The molecule has 0 aliphatic rings. The van der Waals surface area contributed by atoms with Crippen LogP contribution < -0.4 is 4.74 Å². The summed E-state index contributed by atoms with van der Waals surface area (Å²) < 4.78 is 5.78. The SMILES string of the molecule is O=C(O)c1ccc2ccccc2c1OCc1ccsc1. The Morgan fingerprint density at radius 2 is 2.00 bits per heavy atom. The van der Waals surface area contributed by atoms with Crippen molar-refractivity contribution in [2.45, 2.75) is 6.61 Å². The Morgan fingerprint density at radius 3 is 2.75 bits per heavy atom. The van der Waals surface area contributed by atoms with Crippen molar-refractivity contribution < 1.29 is 14.6 Å². The highest BCUT2D eigenvalue weighted by molar-refractivity contribution is 7.07. The summed E-state index contributed by atoms with van der Waals surface area (Å²) in [6.45, 7) is 0.373. The first-order valence-corrected chi connectivity index (χ1v) is 7.09. The van der Waals surface area contributed by atoms with Crippen molar-refractivity contribution >= 4 is 28.1 Å². The first-order chi connectivity index (χ1) is 9.75. The average Bonchev–Trinajstić information content (AvgIpc) is 2.97. The second-order valence-corrected chi connectivity index (χ2v) is 5.17. The third-order valence-corrected chi connectivity index (χ3v) is 3.81. The molecule has 2 aromatic carbocycles. The second-order valence-electron chi connectivity index (χ2n) is 4.39. The molecule has 0 radical (unpaired) electrons. The predicted octanol–water partition coefficient (Wildman–Crippen LogP) is 4.18. The largest absolute Gasteiger partial charge is 0.487 e. The van der Waals surface area contributed by atoms with Gasteiger partial charge >= 0.3 is 5.97 Å². The number of aromatic carboxylic acids is 1. The molecule has 0 fully saturated rings. The van der Waals surface area contributed by atoms with E-state index in [1.54, 1.807) is 23.5 Å². The summed E-state index contributed by atoms with van der Waals surface area (Å²) in [4.78, 5) is 11.3. The summed E-state index contributed by atoms with van der Waals surface area (Å²) in [5.74, 6) is -0.544. The highest BCUT2D eigenvalue weighted by Crippen LogP contribution is 2.30. The van der Waals surface area contributed by atoms with Crippen molar-refractivity contribution in [1.82, 2.24) is 0 Å². The van der Waals surface area contributed by atoms with E-state index >= 15 is 0 Å². The van der Waals surface area contributed by atoms with Gasteiger partial charge in [0.25, 0.3) is 0 Å². The van der Waals surface area contributed by atoms with E-state index in [1.165, 1.54) is 0 Å². The van der Waals surface area contributed by atoms with Gasteiger partial charge in [-0.1, -0.05) is 30.3 Å². The molecule has 3 aromatic rings. The molecular weight excluding hydrogens is 272 g/mol. The van der Waals surface area contributed by atoms with Gasteiger partial charge in [-0.05, 0) is 33.8 Å². The van der Waals surface area contributed by atoms with Gasteiger partial charge in [-0.3, -0.25) is 0 Å². The zero-order valence-electron chi connectivity index (χ0n) is 10.6. The van der Waals surface area contributed by atoms with Crippen LogP contribution in [-0.4, -0.2) is 11.1 Å². The van der Waals surface area contributed by atoms with Crippen LogP contribution in [0.5, 0.6) is 5.75 Å². The van der Waals surface area contributed by atoms with Gasteiger partial charge in [0.15, 0.2) is 0 Å². The van der Waals surface area contributed by atoms with E-state index in [0.717, 1.165) is 16.3 Å². The molecule has 20 heavy (non-hydrogen) atoms. The average molecular weight is 284 g/mol. The van der Waals surface area contributed by atoms with Gasteiger partial charge in [-0.25, -0.2) is 4.79 Å². The lowest BCUT2D eigenvalue weighted by Gasteiger charge is -2.11. The van der Waals surface area contributed by atoms with Crippen LogP contribution in [0.4, 0.5) is 0 Å². The van der Waals surface area contributed by atoms with E-state index in [9.17, 15) is 9.90 Å². The molecule has 3 nitrogen and oxygen atoms in total. The minimum Gasteiger partial charge on any atom is -0.487 e. The van der Waals surface area contributed by atoms with Crippen molar-refractivity contribution in [3.05, 3.63) is 64.4 Å². The van der Waals surface area contributed by atoms with E-state index < -0.39 is 5.97 Å². The summed E-state index contributed by atoms with van der Waals surface area (Å²) >= 11 is 1.59. The predicted molar refractivity (Wildman–Crippen MR) is 79.6 cm³/mol. The van der Waals surface area contributed by atoms with Gasteiger partial charge in [0, 0.05) is 5.39 Å². The normalized spacial score (nSPS) is 10.6. The molecule has 0 aliphatic carbocycles. The van der Waals surface area contributed by atoms with Crippen LogP contribution in [0.1, 0.15) is 15.9 Å². The first kappa shape index (κ1) is 12.7. The molecule has 4 heteroatoms. The molecule has 0 saturated heterocycles. The maximum atomic E-state index is 11.3. The van der Waals surface area contributed by atoms with Crippen LogP contribution >= 0.6 is 11.3 Å². The third-order valence-electron chi connectivity index (χ3n) is 3.07. The molecule has 3 rings (SSSR count). The van der Waals surface area contributed by atoms with Gasteiger partial charge in [0.1, 0.15) is 17.9 Å². The number of ether oxygens (including phenoxy) is 1.